The van der Waals surface area contributed by atoms with Crippen molar-refractivity contribution in [3.05, 3.63) is 11.1 Å². The first-order valence-electron chi connectivity index (χ1n) is 4.30. The number of aliphatic hydroxyl groups excluding tert-OH is 1. The largest absolute Gasteiger partial charge is 0.478 e. The van der Waals surface area contributed by atoms with E-state index in [0.717, 1.165) is 0 Å². The van der Waals surface area contributed by atoms with E-state index < -0.39 is 11.9 Å². The average Bonchev–Trinajstić information content (AvgIpc) is 2.15. The topological polar surface area (TPSA) is 86.6 Å². The summed E-state index contributed by atoms with van der Waals surface area (Å²) in [7, 11) is 0. The number of aliphatic carboxylic acids is 1. The number of amides is 1. The van der Waals surface area contributed by atoms with Gasteiger partial charge < -0.3 is 15.5 Å². The van der Waals surface area contributed by atoms with E-state index in [1.54, 1.807) is 0 Å². The van der Waals surface area contributed by atoms with Gasteiger partial charge in [-0.05, 0) is 20.3 Å². The van der Waals surface area contributed by atoms with Crippen molar-refractivity contribution in [3.63, 3.8) is 0 Å². The van der Waals surface area contributed by atoms with Crippen LogP contribution in [0.25, 0.3) is 0 Å². The number of aliphatic hydroxyl groups is 1. The molecule has 0 aliphatic rings. The van der Waals surface area contributed by atoms with Gasteiger partial charge in [0, 0.05) is 24.3 Å². The van der Waals surface area contributed by atoms with E-state index in [1.807, 2.05) is 0 Å². The molecule has 14 heavy (non-hydrogen) atoms. The molecule has 0 bridgehead atoms. The summed E-state index contributed by atoms with van der Waals surface area (Å²) in [5.41, 5.74) is 0.224. The maximum atomic E-state index is 11.2. The lowest BCUT2D eigenvalue weighted by molar-refractivity contribution is -0.133. The average molecular weight is 201 g/mol. The smallest absolute Gasteiger partial charge is 0.331 e. The lowest BCUT2D eigenvalue weighted by atomic mass is 10.1. The molecular weight excluding hydrogens is 186 g/mol. The minimum Gasteiger partial charge on any atom is -0.478 e. The van der Waals surface area contributed by atoms with Crippen molar-refractivity contribution in [3.8, 4) is 0 Å². The number of carbonyl (C=O) groups excluding carboxylic acids is 1. The first-order chi connectivity index (χ1) is 6.50. The molecule has 5 heteroatoms. The van der Waals surface area contributed by atoms with E-state index in [2.05, 4.69) is 5.32 Å². The molecule has 0 saturated heterocycles. The number of hydrogen-bond acceptors (Lipinski definition) is 3. The predicted molar refractivity (Wildman–Crippen MR) is 50.7 cm³/mol. The van der Waals surface area contributed by atoms with Gasteiger partial charge in [0.1, 0.15) is 0 Å². The van der Waals surface area contributed by atoms with Crippen molar-refractivity contribution >= 4 is 11.9 Å². The second kappa shape index (κ2) is 6.15. The highest BCUT2D eigenvalue weighted by molar-refractivity contribution is 6.01. The van der Waals surface area contributed by atoms with Gasteiger partial charge in [-0.1, -0.05) is 0 Å². The second-order valence-corrected chi connectivity index (χ2v) is 2.89. The monoisotopic (exact) mass is 201 g/mol. The normalized spacial score (nSPS) is 11.9. The highest BCUT2D eigenvalue weighted by atomic mass is 16.4. The van der Waals surface area contributed by atoms with Crippen molar-refractivity contribution in [1.82, 2.24) is 5.32 Å². The van der Waals surface area contributed by atoms with E-state index >= 15 is 0 Å². The molecule has 0 aliphatic heterocycles. The van der Waals surface area contributed by atoms with Crippen LogP contribution in [0.3, 0.4) is 0 Å². The molecule has 5 nitrogen and oxygen atoms in total. The van der Waals surface area contributed by atoms with Gasteiger partial charge >= 0.3 is 5.97 Å². The van der Waals surface area contributed by atoms with Crippen LogP contribution in [-0.4, -0.2) is 35.2 Å². The van der Waals surface area contributed by atoms with E-state index in [-0.39, 0.29) is 17.8 Å². The molecule has 0 aromatic rings. The van der Waals surface area contributed by atoms with Crippen molar-refractivity contribution in [2.24, 2.45) is 0 Å². The Morgan fingerprint density at radius 3 is 2.21 bits per heavy atom. The molecule has 0 fully saturated rings. The number of carbonyl (C=O) groups is 2. The molecule has 0 heterocycles. The summed E-state index contributed by atoms with van der Waals surface area (Å²) >= 11 is 0. The Morgan fingerprint density at radius 1 is 1.21 bits per heavy atom. The lowest BCUT2D eigenvalue weighted by Crippen LogP contribution is -2.27. The van der Waals surface area contributed by atoms with Crippen LogP contribution in [0.4, 0.5) is 0 Å². The summed E-state index contributed by atoms with van der Waals surface area (Å²) in [6, 6.07) is 0. The zero-order valence-corrected chi connectivity index (χ0v) is 8.33. The molecule has 1 amide bonds. The molecule has 3 N–H and O–H groups in total. The fourth-order valence-corrected chi connectivity index (χ4v) is 0.744. The fraction of sp³-hybridized carbons (Fsp3) is 0.556. The van der Waals surface area contributed by atoms with Gasteiger partial charge in [0.05, 0.1) is 0 Å². The van der Waals surface area contributed by atoms with E-state index in [0.29, 0.717) is 13.0 Å². The van der Waals surface area contributed by atoms with Crippen LogP contribution in [-0.2, 0) is 9.59 Å². The van der Waals surface area contributed by atoms with E-state index in [4.69, 9.17) is 10.2 Å². The van der Waals surface area contributed by atoms with Crippen LogP contribution in [0.2, 0.25) is 0 Å². The molecule has 0 atom stereocenters. The molecule has 0 aromatic carbocycles. The molecule has 0 radical (unpaired) electrons. The molecule has 0 spiro atoms. The number of carboxylic acid groups (broad SMARTS) is 1. The third-order valence-electron chi connectivity index (χ3n) is 1.84. The van der Waals surface area contributed by atoms with Gasteiger partial charge in [-0.2, -0.15) is 0 Å². The molecule has 0 aromatic heterocycles. The number of hydrogen-bond donors (Lipinski definition) is 3. The van der Waals surface area contributed by atoms with Gasteiger partial charge in [0.15, 0.2) is 0 Å². The van der Waals surface area contributed by atoms with Crippen molar-refractivity contribution in [2.45, 2.75) is 20.3 Å². The van der Waals surface area contributed by atoms with Crippen molar-refractivity contribution in [1.29, 1.82) is 0 Å². The summed E-state index contributed by atoms with van der Waals surface area (Å²) in [6.45, 7) is 3.18. The summed E-state index contributed by atoms with van der Waals surface area (Å²) in [5.74, 6) is -1.50. The third kappa shape index (κ3) is 4.04. The predicted octanol–water partition coefficient (Wildman–Crippen LogP) is -0.0940. The highest BCUT2D eigenvalue weighted by Crippen LogP contribution is 2.02. The second-order valence-electron chi connectivity index (χ2n) is 2.89. The Labute approximate surface area is 82.4 Å². The first kappa shape index (κ1) is 12.6. The summed E-state index contributed by atoms with van der Waals surface area (Å²) in [6.07, 6.45) is 0.463. The van der Waals surface area contributed by atoms with E-state index in [1.165, 1.54) is 13.8 Å². The van der Waals surface area contributed by atoms with Crippen LogP contribution >= 0.6 is 0 Å². The van der Waals surface area contributed by atoms with Crippen LogP contribution < -0.4 is 5.32 Å². The van der Waals surface area contributed by atoms with Crippen LogP contribution in [0.15, 0.2) is 11.1 Å². The van der Waals surface area contributed by atoms with Gasteiger partial charge in [-0.25, -0.2) is 4.79 Å². The molecule has 0 saturated carbocycles. The number of nitrogens with one attached hydrogen (secondary N) is 1. The van der Waals surface area contributed by atoms with E-state index in [9.17, 15) is 9.59 Å². The number of carboxylic acids is 1. The lowest BCUT2D eigenvalue weighted by Gasteiger charge is -2.05. The molecule has 0 aliphatic carbocycles. The van der Waals surface area contributed by atoms with Crippen molar-refractivity contribution < 1.29 is 19.8 Å². The standard InChI is InChI=1S/C9H15NO4/c1-6(7(2)9(13)14)8(12)10-4-3-5-11/h11H,3-5H2,1-2H3,(H,10,12)(H,13,14)/b7-6-. The molecular formula is C9H15NO4. The first-order valence-corrected chi connectivity index (χ1v) is 4.30. The Morgan fingerprint density at radius 2 is 1.79 bits per heavy atom. The fourth-order valence-electron chi connectivity index (χ4n) is 0.744. The SMILES string of the molecule is C/C(C(=O)O)=C(\C)C(=O)NCCCO. The minimum absolute atomic E-state index is 0.000947. The summed E-state index contributed by atoms with van der Waals surface area (Å²) in [5, 5.41) is 19.6. The maximum absolute atomic E-state index is 11.2. The Balaban J connectivity index is 4.25. The van der Waals surface area contributed by atoms with Crippen LogP contribution in [0.1, 0.15) is 20.3 Å². The number of rotatable bonds is 5. The maximum Gasteiger partial charge on any atom is 0.331 e. The quantitative estimate of drug-likeness (QED) is 0.428. The Bertz CT molecular complexity index is 258. The molecule has 0 rings (SSSR count). The third-order valence-corrected chi connectivity index (χ3v) is 1.84. The van der Waals surface area contributed by atoms with Crippen LogP contribution in [0, 0.1) is 0 Å². The summed E-state index contributed by atoms with van der Waals surface area (Å²) < 4.78 is 0. The van der Waals surface area contributed by atoms with Crippen LogP contribution in [0.5, 0.6) is 0 Å². The van der Waals surface area contributed by atoms with Gasteiger partial charge in [0.25, 0.3) is 0 Å². The van der Waals surface area contributed by atoms with Gasteiger partial charge in [0.2, 0.25) is 5.91 Å². The Hall–Kier alpha value is -1.36. The zero-order valence-electron chi connectivity index (χ0n) is 8.33. The zero-order chi connectivity index (χ0) is 11.1. The minimum atomic E-state index is -1.10. The summed E-state index contributed by atoms with van der Waals surface area (Å²) in [4.78, 5) is 21.7. The molecule has 80 valence electrons. The molecule has 0 unspecified atom stereocenters. The highest BCUT2D eigenvalue weighted by Gasteiger charge is 2.11. The van der Waals surface area contributed by atoms with Gasteiger partial charge in [-0.3, -0.25) is 4.79 Å². The van der Waals surface area contributed by atoms with Crippen molar-refractivity contribution in [2.75, 3.05) is 13.2 Å². The van der Waals surface area contributed by atoms with Gasteiger partial charge in [-0.15, -0.1) is 0 Å². The Kier molecular flexibility index (Phi) is 5.55.